The first-order chi connectivity index (χ1) is 9.08. The third kappa shape index (κ3) is 1.82. The van der Waals surface area contributed by atoms with Gasteiger partial charge in [0.15, 0.2) is 0 Å². The molecule has 1 aromatic carbocycles. The van der Waals surface area contributed by atoms with Gasteiger partial charge in [0, 0.05) is 0 Å². The molecular weight excluding hydrogens is 260 g/mol. The molecule has 0 saturated heterocycles. The van der Waals surface area contributed by atoms with Crippen molar-refractivity contribution in [1.82, 2.24) is 9.55 Å². The molecule has 2 heterocycles. The van der Waals surface area contributed by atoms with Crippen molar-refractivity contribution in [3.05, 3.63) is 61.6 Å². The fourth-order valence-corrected chi connectivity index (χ4v) is 2.99. The summed E-state index contributed by atoms with van der Waals surface area (Å²) in [5, 5.41) is 1.80. The van der Waals surface area contributed by atoms with Gasteiger partial charge in [-0.25, -0.2) is 9.36 Å². The van der Waals surface area contributed by atoms with Gasteiger partial charge < -0.3 is 4.98 Å². The number of aromatic nitrogens is 2. The molecule has 96 valence electrons. The molecule has 4 nitrogen and oxygen atoms in total. The largest absolute Gasteiger partial charge is 0.333 e. The van der Waals surface area contributed by atoms with E-state index in [0.717, 1.165) is 11.1 Å². The summed E-state index contributed by atoms with van der Waals surface area (Å²) in [5.74, 6) is 0. The van der Waals surface area contributed by atoms with E-state index in [1.165, 1.54) is 15.9 Å². The van der Waals surface area contributed by atoms with Gasteiger partial charge in [-0.3, -0.25) is 4.79 Å². The van der Waals surface area contributed by atoms with Crippen LogP contribution in [0.25, 0.3) is 15.9 Å². The van der Waals surface area contributed by atoms with E-state index in [4.69, 9.17) is 0 Å². The molecule has 3 aromatic rings. The molecule has 19 heavy (non-hydrogen) atoms. The Morgan fingerprint density at radius 1 is 1.16 bits per heavy atom. The standard InChI is InChI=1S/C14H12N2O2S/c1-8-3-4-11(9(2)7-8)16-13(17)12-10(5-6-19-12)15-14(16)18/h3-7H,1-2H3,(H,15,18). The first-order valence-electron chi connectivity index (χ1n) is 5.88. The number of nitrogens with one attached hydrogen (secondary N) is 1. The Labute approximate surface area is 113 Å². The fraction of sp³-hybridized carbons (Fsp3) is 0.143. The minimum absolute atomic E-state index is 0.263. The number of hydrogen-bond acceptors (Lipinski definition) is 3. The van der Waals surface area contributed by atoms with Gasteiger partial charge in [0.2, 0.25) is 0 Å². The summed E-state index contributed by atoms with van der Waals surface area (Å²) in [6, 6.07) is 7.41. The third-order valence-corrected chi connectivity index (χ3v) is 4.00. The summed E-state index contributed by atoms with van der Waals surface area (Å²) in [7, 11) is 0. The molecule has 0 bridgehead atoms. The van der Waals surface area contributed by atoms with Crippen LogP contribution in [0.5, 0.6) is 0 Å². The lowest BCUT2D eigenvalue weighted by Gasteiger charge is -2.08. The molecule has 1 N–H and O–H groups in total. The number of hydrogen-bond donors (Lipinski definition) is 1. The van der Waals surface area contributed by atoms with Crippen LogP contribution in [-0.2, 0) is 0 Å². The first-order valence-corrected chi connectivity index (χ1v) is 6.76. The highest BCUT2D eigenvalue weighted by Crippen LogP contribution is 2.16. The molecule has 0 fully saturated rings. The maximum absolute atomic E-state index is 12.4. The second-order valence-electron chi connectivity index (χ2n) is 4.52. The molecule has 0 amide bonds. The van der Waals surface area contributed by atoms with Gasteiger partial charge in [-0.2, -0.15) is 0 Å². The van der Waals surface area contributed by atoms with Crippen molar-refractivity contribution in [2.75, 3.05) is 0 Å². The molecule has 0 aliphatic carbocycles. The van der Waals surface area contributed by atoms with E-state index >= 15 is 0 Å². The molecule has 0 spiro atoms. The van der Waals surface area contributed by atoms with Gasteiger partial charge in [-0.15, -0.1) is 11.3 Å². The highest BCUT2D eigenvalue weighted by Gasteiger charge is 2.11. The van der Waals surface area contributed by atoms with Crippen LogP contribution in [0.1, 0.15) is 11.1 Å². The predicted molar refractivity (Wildman–Crippen MR) is 77.5 cm³/mol. The van der Waals surface area contributed by atoms with Crippen molar-refractivity contribution >= 4 is 21.6 Å². The molecule has 3 rings (SSSR count). The van der Waals surface area contributed by atoms with Crippen LogP contribution >= 0.6 is 11.3 Å². The van der Waals surface area contributed by atoms with Gasteiger partial charge in [-0.1, -0.05) is 17.7 Å². The van der Waals surface area contributed by atoms with Crippen molar-refractivity contribution in [1.29, 1.82) is 0 Å². The summed E-state index contributed by atoms with van der Waals surface area (Å²) < 4.78 is 1.77. The molecule has 0 aliphatic rings. The Morgan fingerprint density at radius 3 is 2.68 bits per heavy atom. The predicted octanol–water partition coefficient (Wildman–Crippen LogP) is 2.36. The molecule has 0 radical (unpaired) electrons. The SMILES string of the molecule is Cc1ccc(-n2c(=O)[nH]c3ccsc3c2=O)c(C)c1. The molecule has 0 saturated carbocycles. The minimum Gasteiger partial charge on any atom is -0.306 e. The molecule has 0 atom stereocenters. The van der Waals surface area contributed by atoms with E-state index in [1.54, 1.807) is 17.5 Å². The summed E-state index contributed by atoms with van der Waals surface area (Å²) in [6.07, 6.45) is 0. The number of rotatable bonds is 1. The zero-order valence-corrected chi connectivity index (χ0v) is 11.4. The Hall–Kier alpha value is -2.14. The monoisotopic (exact) mass is 272 g/mol. The lowest BCUT2D eigenvalue weighted by atomic mass is 10.1. The smallest absolute Gasteiger partial charge is 0.306 e. The minimum atomic E-state index is -0.400. The second-order valence-corrected chi connectivity index (χ2v) is 5.44. The highest BCUT2D eigenvalue weighted by atomic mass is 32.1. The molecule has 2 aromatic heterocycles. The number of H-pyrrole nitrogens is 1. The quantitative estimate of drug-likeness (QED) is 0.739. The highest BCUT2D eigenvalue weighted by molar-refractivity contribution is 7.17. The lowest BCUT2D eigenvalue weighted by Crippen LogP contribution is -2.33. The van der Waals surface area contributed by atoms with Gasteiger partial charge in [0.05, 0.1) is 11.2 Å². The second kappa shape index (κ2) is 4.20. The zero-order valence-electron chi connectivity index (χ0n) is 10.6. The Bertz CT molecular complexity index is 886. The van der Waals surface area contributed by atoms with Crippen LogP contribution < -0.4 is 11.2 Å². The maximum atomic E-state index is 12.4. The lowest BCUT2D eigenvalue weighted by molar-refractivity contribution is 0.896. The number of aryl methyl sites for hydroxylation is 2. The van der Waals surface area contributed by atoms with Gasteiger partial charge in [0.1, 0.15) is 4.70 Å². The number of fused-ring (bicyclic) bond motifs is 1. The molecular formula is C14H12N2O2S. The van der Waals surface area contributed by atoms with Crippen LogP contribution in [-0.4, -0.2) is 9.55 Å². The topological polar surface area (TPSA) is 54.9 Å². The van der Waals surface area contributed by atoms with E-state index in [1.807, 2.05) is 26.0 Å². The van der Waals surface area contributed by atoms with Crippen molar-refractivity contribution in [2.45, 2.75) is 13.8 Å². The van der Waals surface area contributed by atoms with E-state index in [9.17, 15) is 9.59 Å². The molecule has 5 heteroatoms. The summed E-state index contributed by atoms with van der Waals surface area (Å²) in [6.45, 7) is 3.87. The molecule has 0 aliphatic heterocycles. The number of nitrogens with zero attached hydrogens (tertiary/aromatic N) is 1. The van der Waals surface area contributed by atoms with E-state index < -0.39 is 5.69 Å². The van der Waals surface area contributed by atoms with Gasteiger partial charge >= 0.3 is 5.69 Å². The van der Waals surface area contributed by atoms with Crippen molar-refractivity contribution in [3.8, 4) is 5.69 Å². The third-order valence-electron chi connectivity index (χ3n) is 3.10. The van der Waals surface area contributed by atoms with Crippen molar-refractivity contribution < 1.29 is 0 Å². The fourth-order valence-electron chi connectivity index (χ4n) is 2.21. The normalized spacial score (nSPS) is 11.1. The Kier molecular flexibility index (Phi) is 2.64. The van der Waals surface area contributed by atoms with Crippen LogP contribution in [0.2, 0.25) is 0 Å². The Morgan fingerprint density at radius 2 is 1.95 bits per heavy atom. The number of benzene rings is 1. The average Bonchev–Trinajstić information content (AvgIpc) is 2.80. The van der Waals surface area contributed by atoms with E-state index in [-0.39, 0.29) is 5.56 Å². The van der Waals surface area contributed by atoms with E-state index in [0.29, 0.717) is 15.9 Å². The van der Waals surface area contributed by atoms with E-state index in [2.05, 4.69) is 4.98 Å². The van der Waals surface area contributed by atoms with Crippen LogP contribution in [0.4, 0.5) is 0 Å². The first kappa shape index (κ1) is 11.9. The van der Waals surface area contributed by atoms with Crippen molar-refractivity contribution in [2.24, 2.45) is 0 Å². The average molecular weight is 272 g/mol. The molecule has 0 unspecified atom stereocenters. The number of thiophene rings is 1. The van der Waals surface area contributed by atoms with Gasteiger partial charge in [-0.05, 0) is 36.9 Å². The summed E-state index contributed by atoms with van der Waals surface area (Å²) in [4.78, 5) is 27.2. The van der Waals surface area contributed by atoms with Gasteiger partial charge in [0.25, 0.3) is 5.56 Å². The number of aromatic amines is 1. The van der Waals surface area contributed by atoms with Crippen LogP contribution in [0, 0.1) is 13.8 Å². The van der Waals surface area contributed by atoms with Crippen LogP contribution in [0.3, 0.4) is 0 Å². The summed E-state index contributed by atoms with van der Waals surface area (Å²) >= 11 is 1.34. The Balaban J connectivity index is 2.42. The maximum Gasteiger partial charge on any atom is 0.333 e. The van der Waals surface area contributed by atoms with Crippen molar-refractivity contribution in [3.63, 3.8) is 0 Å². The van der Waals surface area contributed by atoms with Crippen LogP contribution in [0.15, 0.2) is 39.2 Å². The zero-order chi connectivity index (χ0) is 13.6. The summed E-state index contributed by atoms with van der Waals surface area (Å²) in [5.41, 5.74) is 2.57.